The molecule has 0 radical (unpaired) electrons. The minimum Gasteiger partial charge on any atom is -0.393 e. The molecule has 0 bridgehead atoms. The summed E-state index contributed by atoms with van der Waals surface area (Å²) in [6.07, 6.45) is 8.94. The predicted molar refractivity (Wildman–Crippen MR) is 94.3 cm³/mol. The molecule has 2 fully saturated rings. The molecule has 136 valence electrons. The van der Waals surface area contributed by atoms with Crippen LogP contribution in [0, 0.1) is 0 Å². The number of ether oxygens (including phenoxy) is 1. The molecule has 1 saturated heterocycles. The minimum absolute atomic E-state index is 0.109. The van der Waals surface area contributed by atoms with Gasteiger partial charge in [0.25, 0.3) is 5.91 Å². The van der Waals surface area contributed by atoms with Gasteiger partial charge in [-0.05, 0) is 37.8 Å². The number of methoxy groups -OCH3 is 1. The highest BCUT2D eigenvalue weighted by Gasteiger charge is 2.52. The predicted octanol–water partition coefficient (Wildman–Crippen LogP) is 1.68. The van der Waals surface area contributed by atoms with Gasteiger partial charge in [-0.1, -0.05) is 0 Å². The fourth-order valence-electron chi connectivity index (χ4n) is 4.17. The third-order valence-corrected chi connectivity index (χ3v) is 5.64. The van der Waals surface area contributed by atoms with Crippen molar-refractivity contribution >= 4 is 5.91 Å². The Morgan fingerprint density at radius 2 is 2.12 bits per heavy atom. The average molecular weight is 354 g/mol. The van der Waals surface area contributed by atoms with Gasteiger partial charge in [-0.2, -0.15) is 0 Å². The molecule has 7 heteroatoms. The summed E-state index contributed by atoms with van der Waals surface area (Å²) in [4.78, 5) is 27.5. The maximum Gasteiger partial charge on any atom is 0.257 e. The molecule has 3 atom stereocenters. The van der Waals surface area contributed by atoms with Gasteiger partial charge >= 0.3 is 0 Å². The first-order chi connectivity index (χ1) is 12.6. The zero-order valence-corrected chi connectivity index (χ0v) is 14.7. The molecule has 1 aliphatic carbocycles. The summed E-state index contributed by atoms with van der Waals surface area (Å²) in [6, 6.07) is 3.59. The first kappa shape index (κ1) is 17.1. The quantitative estimate of drug-likeness (QED) is 0.902. The lowest BCUT2D eigenvalue weighted by atomic mass is 9.79. The number of hydrogen-bond acceptors (Lipinski definition) is 6. The van der Waals surface area contributed by atoms with Crippen molar-refractivity contribution in [1.82, 2.24) is 19.9 Å². The number of pyridine rings is 1. The number of fused-ring (bicyclic) bond motifs is 1. The maximum atomic E-state index is 13.0. The van der Waals surface area contributed by atoms with E-state index in [2.05, 4.69) is 15.0 Å². The third-order valence-electron chi connectivity index (χ3n) is 5.64. The van der Waals surface area contributed by atoms with Crippen LogP contribution in [0.4, 0.5) is 0 Å². The monoisotopic (exact) mass is 354 g/mol. The Morgan fingerprint density at radius 1 is 1.31 bits per heavy atom. The van der Waals surface area contributed by atoms with Gasteiger partial charge in [-0.25, -0.2) is 9.97 Å². The Balaban J connectivity index is 1.56. The minimum atomic E-state index is -0.388. The SMILES string of the molecule is CO[C@@]12CCC(O)CC1N(C(=O)c1cnc(-c3cccnc3)nc1)CC2. The van der Waals surface area contributed by atoms with Crippen LogP contribution < -0.4 is 0 Å². The Hall–Kier alpha value is -2.38. The molecule has 1 aliphatic heterocycles. The van der Waals surface area contributed by atoms with Gasteiger partial charge in [0.1, 0.15) is 0 Å². The van der Waals surface area contributed by atoms with Gasteiger partial charge < -0.3 is 14.7 Å². The maximum absolute atomic E-state index is 13.0. The molecule has 0 spiro atoms. The summed E-state index contributed by atoms with van der Waals surface area (Å²) in [7, 11) is 1.70. The molecule has 2 aromatic rings. The smallest absolute Gasteiger partial charge is 0.257 e. The molecular formula is C19H22N4O3. The van der Waals surface area contributed by atoms with Gasteiger partial charge in [0.2, 0.25) is 0 Å². The van der Waals surface area contributed by atoms with Crippen LogP contribution in [0.15, 0.2) is 36.9 Å². The van der Waals surface area contributed by atoms with Gasteiger partial charge in [-0.15, -0.1) is 0 Å². The van der Waals surface area contributed by atoms with Crippen LogP contribution in [0.1, 0.15) is 36.0 Å². The second-order valence-corrected chi connectivity index (χ2v) is 7.00. The van der Waals surface area contributed by atoms with Gasteiger partial charge in [0.15, 0.2) is 5.82 Å². The van der Waals surface area contributed by atoms with E-state index in [0.717, 1.165) is 24.8 Å². The molecule has 2 aromatic heterocycles. The number of carbonyl (C=O) groups is 1. The molecule has 1 N–H and O–H groups in total. The summed E-state index contributed by atoms with van der Waals surface area (Å²) in [5.74, 6) is 0.427. The number of likely N-dealkylation sites (tertiary alicyclic amines) is 1. The van der Waals surface area contributed by atoms with Crippen LogP contribution in [0.2, 0.25) is 0 Å². The van der Waals surface area contributed by atoms with Gasteiger partial charge in [0, 0.05) is 44.0 Å². The van der Waals surface area contributed by atoms with Crippen LogP contribution in [-0.4, -0.2) is 62.3 Å². The van der Waals surface area contributed by atoms with E-state index in [4.69, 9.17) is 4.74 Å². The molecule has 2 unspecified atom stereocenters. The van der Waals surface area contributed by atoms with E-state index in [1.54, 1.807) is 31.9 Å². The highest BCUT2D eigenvalue weighted by Crippen LogP contribution is 2.42. The number of nitrogens with zero attached hydrogens (tertiary/aromatic N) is 4. The number of aliphatic hydroxyl groups is 1. The Morgan fingerprint density at radius 3 is 2.81 bits per heavy atom. The largest absolute Gasteiger partial charge is 0.393 e. The van der Waals surface area contributed by atoms with Crippen molar-refractivity contribution in [2.45, 2.75) is 43.4 Å². The first-order valence-electron chi connectivity index (χ1n) is 8.89. The van der Waals surface area contributed by atoms with E-state index in [1.165, 1.54) is 0 Å². The van der Waals surface area contributed by atoms with Crippen molar-refractivity contribution in [3.8, 4) is 11.4 Å². The molecule has 2 aliphatic rings. The van der Waals surface area contributed by atoms with Crippen LogP contribution >= 0.6 is 0 Å². The van der Waals surface area contributed by atoms with Crippen molar-refractivity contribution in [1.29, 1.82) is 0 Å². The van der Waals surface area contributed by atoms with E-state index in [0.29, 0.717) is 24.4 Å². The summed E-state index contributed by atoms with van der Waals surface area (Å²) in [5.41, 5.74) is 0.914. The molecule has 1 amide bonds. The van der Waals surface area contributed by atoms with Gasteiger partial charge in [0.05, 0.1) is 23.3 Å². The molecule has 26 heavy (non-hydrogen) atoms. The van der Waals surface area contributed by atoms with Crippen molar-refractivity contribution in [3.05, 3.63) is 42.5 Å². The second-order valence-electron chi connectivity index (χ2n) is 7.00. The Bertz CT molecular complexity index is 783. The third kappa shape index (κ3) is 2.87. The molecular weight excluding hydrogens is 332 g/mol. The van der Waals surface area contributed by atoms with Crippen LogP contribution in [0.3, 0.4) is 0 Å². The lowest BCUT2D eigenvalue weighted by molar-refractivity contribution is -0.0824. The van der Waals surface area contributed by atoms with Crippen molar-refractivity contribution in [2.75, 3.05) is 13.7 Å². The van der Waals surface area contributed by atoms with Crippen LogP contribution in [0.25, 0.3) is 11.4 Å². The number of amides is 1. The summed E-state index contributed by atoms with van der Waals surface area (Å²) in [5, 5.41) is 10.1. The molecule has 0 aromatic carbocycles. The molecule has 7 nitrogen and oxygen atoms in total. The Labute approximate surface area is 152 Å². The number of aromatic nitrogens is 3. The van der Waals surface area contributed by atoms with E-state index in [-0.39, 0.29) is 23.7 Å². The van der Waals surface area contributed by atoms with Crippen molar-refractivity contribution in [3.63, 3.8) is 0 Å². The molecule has 3 heterocycles. The lowest BCUT2D eigenvalue weighted by Crippen LogP contribution is -2.52. The van der Waals surface area contributed by atoms with E-state index < -0.39 is 0 Å². The molecule has 1 saturated carbocycles. The van der Waals surface area contributed by atoms with E-state index in [9.17, 15) is 9.90 Å². The fourth-order valence-corrected chi connectivity index (χ4v) is 4.17. The van der Waals surface area contributed by atoms with Crippen LogP contribution in [-0.2, 0) is 4.74 Å². The van der Waals surface area contributed by atoms with Crippen LogP contribution in [0.5, 0.6) is 0 Å². The number of rotatable bonds is 3. The summed E-state index contributed by atoms with van der Waals surface area (Å²) >= 11 is 0. The van der Waals surface area contributed by atoms with Crippen molar-refractivity contribution < 1.29 is 14.6 Å². The highest BCUT2D eigenvalue weighted by atomic mass is 16.5. The fraction of sp³-hybridized carbons (Fsp3) is 0.474. The van der Waals surface area contributed by atoms with Crippen molar-refractivity contribution in [2.24, 2.45) is 0 Å². The second kappa shape index (κ2) is 6.74. The first-order valence-corrected chi connectivity index (χ1v) is 8.89. The number of hydrogen-bond donors (Lipinski definition) is 1. The highest BCUT2D eigenvalue weighted by molar-refractivity contribution is 5.94. The van der Waals surface area contributed by atoms with E-state index >= 15 is 0 Å². The number of aliphatic hydroxyl groups excluding tert-OH is 1. The Kier molecular flexibility index (Phi) is 4.42. The summed E-state index contributed by atoms with van der Waals surface area (Å²) < 4.78 is 5.80. The van der Waals surface area contributed by atoms with Gasteiger partial charge in [-0.3, -0.25) is 9.78 Å². The number of carbonyl (C=O) groups excluding carboxylic acids is 1. The zero-order chi connectivity index (χ0) is 18.1. The standard InChI is InChI=1S/C19H22N4O3/c1-26-19-5-4-15(24)9-16(19)23(8-6-19)18(25)14-11-21-17(22-12-14)13-3-2-7-20-10-13/h2-3,7,10-12,15-16,24H,4-6,8-9H2,1H3/t15?,16?,19-/m1/s1. The van der Waals surface area contributed by atoms with E-state index in [1.807, 2.05) is 17.0 Å². The zero-order valence-electron chi connectivity index (χ0n) is 14.7. The lowest BCUT2D eigenvalue weighted by Gasteiger charge is -2.42. The molecule has 4 rings (SSSR count). The summed E-state index contributed by atoms with van der Waals surface area (Å²) in [6.45, 7) is 0.619. The average Bonchev–Trinajstić information content (AvgIpc) is 3.07. The topological polar surface area (TPSA) is 88.4 Å². The normalized spacial score (nSPS) is 28.0.